The summed E-state index contributed by atoms with van der Waals surface area (Å²) in [5.74, 6) is -0.198. The second-order valence-electron chi connectivity index (χ2n) is 4.43. The Kier molecular flexibility index (Phi) is 6.08. The van der Waals surface area contributed by atoms with E-state index < -0.39 is 11.0 Å². The first-order valence-electron chi connectivity index (χ1n) is 6.28. The molecule has 0 spiro atoms. The van der Waals surface area contributed by atoms with Crippen LogP contribution in [0.2, 0.25) is 0 Å². The number of aliphatic hydroxyl groups excluding tert-OH is 2. The standard InChI is InChI=1S/C13H18N2O5/c1-9(17)11-7-10(4-5-12(11)15(19)20)8-14-13(18)3-2-6-16/h4-5,7,9,16-17H,2-3,6,8H2,1H3,(H,14,18). The molecule has 1 aromatic rings. The van der Waals surface area contributed by atoms with Gasteiger partial charge in [-0.25, -0.2) is 0 Å². The summed E-state index contributed by atoms with van der Waals surface area (Å²) in [6.07, 6.45) is -0.335. The lowest BCUT2D eigenvalue weighted by atomic mass is 10.0. The second-order valence-corrected chi connectivity index (χ2v) is 4.43. The highest BCUT2D eigenvalue weighted by atomic mass is 16.6. The molecule has 1 atom stereocenters. The van der Waals surface area contributed by atoms with Crippen molar-refractivity contribution < 1.29 is 19.9 Å². The SMILES string of the molecule is CC(O)c1cc(CNC(=O)CCCO)ccc1[N+](=O)[O-]. The van der Waals surface area contributed by atoms with E-state index in [-0.39, 0.29) is 36.7 Å². The van der Waals surface area contributed by atoms with Crippen molar-refractivity contribution in [1.29, 1.82) is 0 Å². The minimum Gasteiger partial charge on any atom is -0.396 e. The lowest BCUT2D eigenvalue weighted by Crippen LogP contribution is -2.22. The number of nitrogens with one attached hydrogen (secondary N) is 1. The van der Waals surface area contributed by atoms with Gasteiger partial charge in [0.05, 0.1) is 16.6 Å². The Bertz CT molecular complexity index is 488. The monoisotopic (exact) mass is 282 g/mol. The van der Waals surface area contributed by atoms with Crippen LogP contribution < -0.4 is 5.32 Å². The zero-order valence-electron chi connectivity index (χ0n) is 11.2. The van der Waals surface area contributed by atoms with Gasteiger partial charge < -0.3 is 15.5 Å². The zero-order valence-corrected chi connectivity index (χ0v) is 11.2. The molecule has 110 valence electrons. The van der Waals surface area contributed by atoms with Gasteiger partial charge in [-0.2, -0.15) is 0 Å². The van der Waals surface area contributed by atoms with Crippen LogP contribution in [0.15, 0.2) is 18.2 Å². The number of nitrogens with zero attached hydrogens (tertiary/aromatic N) is 1. The van der Waals surface area contributed by atoms with E-state index in [1.165, 1.54) is 25.1 Å². The minimum atomic E-state index is -0.958. The van der Waals surface area contributed by atoms with Gasteiger partial charge >= 0.3 is 0 Å². The minimum absolute atomic E-state index is 0.0445. The van der Waals surface area contributed by atoms with Gasteiger partial charge in [0, 0.05) is 25.6 Å². The van der Waals surface area contributed by atoms with Crippen molar-refractivity contribution in [3.8, 4) is 0 Å². The van der Waals surface area contributed by atoms with Gasteiger partial charge in [-0.3, -0.25) is 14.9 Å². The van der Waals surface area contributed by atoms with Gasteiger partial charge in [0.15, 0.2) is 0 Å². The number of amides is 1. The van der Waals surface area contributed by atoms with Crippen LogP contribution in [0.1, 0.15) is 37.0 Å². The van der Waals surface area contributed by atoms with Crippen LogP contribution >= 0.6 is 0 Å². The summed E-state index contributed by atoms with van der Waals surface area (Å²) in [5.41, 5.74) is 0.747. The summed E-state index contributed by atoms with van der Waals surface area (Å²) in [4.78, 5) is 21.7. The molecule has 0 aliphatic rings. The Hall–Kier alpha value is -1.99. The highest BCUT2D eigenvalue weighted by Gasteiger charge is 2.17. The van der Waals surface area contributed by atoms with Crippen LogP contribution in [0.3, 0.4) is 0 Å². The first-order valence-corrected chi connectivity index (χ1v) is 6.28. The first-order chi connectivity index (χ1) is 9.45. The molecule has 0 heterocycles. The number of nitro benzene ring substituents is 1. The Morgan fingerprint density at radius 2 is 2.20 bits per heavy atom. The number of aliphatic hydroxyl groups is 2. The fraction of sp³-hybridized carbons (Fsp3) is 0.462. The second kappa shape index (κ2) is 7.56. The van der Waals surface area contributed by atoms with Crippen LogP contribution in [-0.2, 0) is 11.3 Å². The van der Waals surface area contributed by atoms with Crippen LogP contribution in [0.4, 0.5) is 5.69 Å². The molecular formula is C13H18N2O5. The molecule has 20 heavy (non-hydrogen) atoms. The summed E-state index contributed by atoms with van der Waals surface area (Å²) < 4.78 is 0. The fourth-order valence-electron chi connectivity index (χ4n) is 1.74. The maximum absolute atomic E-state index is 11.4. The topological polar surface area (TPSA) is 113 Å². The Morgan fingerprint density at radius 3 is 2.75 bits per heavy atom. The molecule has 0 saturated carbocycles. The smallest absolute Gasteiger partial charge is 0.275 e. The van der Waals surface area contributed by atoms with E-state index in [4.69, 9.17) is 5.11 Å². The van der Waals surface area contributed by atoms with Crippen molar-refractivity contribution in [2.75, 3.05) is 6.61 Å². The number of rotatable bonds is 7. The van der Waals surface area contributed by atoms with Crippen molar-refractivity contribution in [3.63, 3.8) is 0 Å². The highest BCUT2D eigenvalue weighted by Crippen LogP contribution is 2.25. The number of hydrogen-bond donors (Lipinski definition) is 3. The zero-order chi connectivity index (χ0) is 15.1. The molecule has 0 aromatic heterocycles. The molecule has 0 saturated heterocycles. The Labute approximate surface area is 116 Å². The molecule has 0 bridgehead atoms. The largest absolute Gasteiger partial charge is 0.396 e. The number of carbonyl (C=O) groups is 1. The van der Waals surface area contributed by atoms with E-state index in [9.17, 15) is 20.0 Å². The molecule has 0 radical (unpaired) electrons. The van der Waals surface area contributed by atoms with E-state index >= 15 is 0 Å². The van der Waals surface area contributed by atoms with Crippen LogP contribution in [0.25, 0.3) is 0 Å². The normalized spacial score (nSPS) is 11.9. The highest BCUT2D eigenvalue weighted by molar-refractivity contribution is 5.75. The van der Waals surface area contributed by atoms with Gasteiger partial charge in [-0.05, 0) is 25.0 Å². The third-order valence-electron chi connectivity index (χ3n) is 2.79. The van der Waals surface area contributed by atoms with Crippen molar-refractivity contribution in [2.45, 2.75) is 32.4 Å². The number of carbonyl (C=O) groups excluding carboxylic acids is 1. The summed E-state index contributed by atoms with van der Waals surface area (Å²) in [7, 11) is 0. The third kappa shape index (κ3) is 4.60. The molecule has 1 aromatic carbocycles. The van der Waals surface area contributed by atoms with Gasteiger partial charge in [-0.1, -0.05) is 6.07 Å². The molecule has 1 unspecified atom stereocenters. The molecule has 7 nitrogen and oxygen atoms in total. The van der Waals surface area contributed by atoms with Crippen LogP contribution in [-0.4, -0.2) is 27.7 Å². The lowest BCUT2D eigenvalue weighted by Gasteiger charge is -2.09. The van der Waals surface area contributed by atoms with Crippen molar-refractivity contribution >= 4 is 11.6 Å². The molecule has 1 rings (SSSR count). The average Bonchev–Trinajstić information content (AvgIpc) is 2.42. The van der Waals surface area contributed by atoms with E-state index in [1.807, 2.05) is 0 Å². The first kappa shape index (κ1) is 16.1. The maximum Gasteiger partial charge on any atom is 0.275 e. The van der Waals surface area contributed by atoms with Gasteiger partial charge in [0.25, 0.3) is 5.69 Å². The van der Waals surface area contributed by atoms with Crippen molar-refractivity contribution in [2.24, 2.45) is 0 Å². The predicted octanol–water partition coefficient (Wildman–Crippen LogP) is 1.04. The van der Waals surface area contributed by atoms with E-state index in [2.05, 4.69) is 5.32 Å². The number of benzene rings is 1. The van der Waals surface area contributed by atoms with Crippen LogP contribution in [0, 0.1) is 10.1 Å². The third-order valence-corrected chi connectivity index (χ3v) is 2.79. The quantitative estimate of drug-likeness (QED) is 0.511. The number of hydrogen-bond acceptors (Lipinski definition) is 5. The lowest BCUT2D eigenvalue weighted by molar-refractivity contribution is -0.386. The Morgan fingerprint density at radius 1 is 1.50 bits per heavy atom. The molecule has 0 fully saturated rings. The number of nitro groups is 1. The predicted molar refractivity (Wildman–Crippen MR) is 71.9 cm³/mol. The molecule has 7 heteroatoms. The molecule has 0 aliphatic heterocycles. The maximum atomic E-state index is 11.4. The van der Waals surface area contributed by atoms with Gasteiger partial charge in [0.2, 0.25) is 5.91 Å². The summed E-state index contributed by atoms with van der Waals surface area (Å²) in [6.45, 7) is 1.63. The van der Waals surface area contributed by atoms with E-state index in [0.717, 1.165) is 0 Å². The molecular weight excluding hydrogens is 264 g/mol. The summed E-state index contributed by atoms with van der Waals surface area (Å²) >= 11 is 0. The van der Waals surface area contributed by atoms with Crippen molar-refractivity contribution in [3.05, 3.63) is 39.4 Å². The van der Waals surface area contributed by atoms with Gasteiger partial charge in [-0.15, -0.1) is 0 Å². The fourth-order valence-corrected chi connectivity index (χ4v) is 1.74. The molecule has 0 aliphatic carbocycles. The Balaban J connectivity index is 2.75. The van der Waals surface area contributed by atoms with Crippen LogP contribution in [0.5, 0.6) is 0 Å². The summed E-state index contributed by atoms with van der Waals surface area (Å²) in [6, 6.07) is 4.36. The van der Waals surface area contributed by atoms with Crippen molar-refractivity contribution in [1.82, 2.24) is 5.32 Å². The molecule has 1 amide bonds. The van der Waals surface area contributed by atoms with Gasteiger partial charge in [0.1, 0.15) is 0 Å². The summed E-state index contributed by atoms with van der Waals surface area (Å²) in [5, 5.41) is 31.6. The van der Waals surface area contributed by atoms with E-state index in [0.29, 0.717) is 12.0 Å². The average molecular weight is 282 g/mol. The van der Waals surface area contributed by atoms with E-state index in [1.54, 1.807) is 0 Å². The molecule has 3 N–H and O–H groups in total.